The summed E-state index contributed by atoms with van der Waals surface area (Å²) in [4.78, 5) is 25.5. The number of aliphatic hydroxyl groups excluding tert-OH is 1. The van der Waals surface area contributed by atoms with Gasteiger partial charge in [-0.3, -0.25) is 9.59 Å². The zero-order valence-corrected chi connectivity index (χ0v) is 10.9. The van der Waals surface area contributed by atoms with E-state index >= 15 is 0 Å². The van der Waals surface area contributed by atoms with Gasteiger partial charge in [0, 0.05) is 5.56 Å². The van der Waals surface area contributed by atoms with E-state index in [-0.39, 0.29) is 16.9 Å². The third-order valence-electron chi connectivity index (χ3n) is 3.25. The van der Waals surface area contributed by atoms with E-state index in [9.17, 15) is 19.8 Å². The van der Waals surface area contributed by atoms with Crippen LogP contribution in [0.15, 0.2) is 60.4 Å². The molecule has 0 fully saturated rings. The molecular weight excluding hydrogens is 270 g/mol. The Bertz CT molecular complexity index is 765. The number of phenols is 1. The number of carbonyl (C=O) groups is 2. The first-order chi connectivity index (χ1) is 10.1. The first-order valence-corrected chi connectivity index (χ1v) is 6.26. The molecule has 0 aliphatic carbocycles. The lowest BCUT2D eigenvalue weighted by Gasteiger charge is -2.14. The molecule has 104 valence electrons. The highest BCUT2D eigenvalue weighted by atomic mass is 16.3. The predicted molar refractivity (Wildman–Crippen MR) is 76.6 cm³/mol. The second-order valence-corrected chi connectivity index (χ2v) is 4.52. The summed E-state index contributed by atoms with van der Waals surface area (Å²) in [5.74, 6) is -2.30. The van der Waals surface area contributed by atoms with Gasteiger partial charge in [0.15, 0.2) is 5.76 Å². The standard InChI is InChI=1S/C16H11NO4/c18-12-9-5-4-8-11(12)13-14(19)16(21)17(15(13)20)10-6-2-1-3-7-10/h1-9,18-19H. The fourth-order valence-electron chi connectivity index (χ4n) is 2.26. The average Bonchev–Trinajstić information content (AvgIpc) is 2.71. The van der Waals surface area contributed by atoms with Crippen molar-refractivity contribution in [2.45, 2.75) is 0 Å². The number of phenolic OH excluding ortho intramolecular Hbond substituents is 1. The molecule has 0 unspecified atom stereocenters. The molecule has 0 spiro atoms. The molecule has 1 aliphatic rings. The molecule has 3 rings (SSSR count). The largest absolute Gasteiger partial charge is 0.507 e. The van der Waals surface area contributed by atoms with Crippen molar-refractivity contribution in [2.24, 2.45) is 0 Å². The van der Waals surface area contributed by atoms with Gasteiger partial charge in [-0.15, -0.1) is 0 Å². The van der Waals surface area contributed by atoms with Crippen molar-refractivity contribution in [1.82, 2.24) is 0 Å². The molecular formula is C16H11NO4. The Kier molecular flexibility index (Phi) is 2.95. The van der Waals surface area contributed by atoms with Crippen LogP contribution in [0.1, 0.15) is 5.56 Å². The highest BCUT2D eigenvalue weighted by Gasteiger charge is 2.40. The minimum absolute atomic E-state index is 0.131. The molecule has 0 bridgehead atoms. The van der Waals surface area contributed by atoms with Gasteiger partial charge in [0.2, 0.25) is 0 Å². The number of hydrogen-bond acceptors (Lipinski definition) is 4. The summed E-state index contributed by atoms with van der Waals surface area (Å²) >= 11 is 0. The number of rotatable bonds is 2. The number of anilines is 1. The summed E-state index contributed by atoms with van der Waals surface area (Å²) in [5.41, 5.74) is 0.304. The molecule has 1 heterocycles. The summed E-state index contributed by atoms with van der Waals surface area (Å²) in [6.45, 7) is 0. The summed E-state index contributed by atoms with van der Waals surface area (Å²) in [6.07, 6.45) is 0. The number of amides is 2. The summed E-state index contributed by atoms with van der Waals surface area (Å²) in [5, 5.41) is 19.8. The van der Waals surface area contributed by atoms with E-state index in [1.54, 1.807) is 42.5 Å². The van der Waals surface area contributed by atoms with Crippen LogP contribution in [0.25, 0.3) is 5.57 Å². The maximum absolute atomic E-state index is 12.5. The zero-order valence-electron chi connectivity index (χ0n) is 10.9. The maximum atomic E-state index is 12.5. The SMILES string of the molecule is O=C1C(O)=C(c2ccccc2O)C(=O)N1c1ccccc1. The van der Waals surface area contributed by atoms with E-state index in [1.165, 1.54) is 12.1 Å². The lowest BCUT2D eigenvalue weighted by Crippen LogP contribution is -2.31. The van der Waals surface area contributed by atoms with Gasteiger partial charge in [-0.25, -0.2) is 4.90 Å². The Labute approximate surface area is 120 Å². The zero-order chi connectivity index (χ0) is 15.0. The van der Waals surface area contributed by atoms with Crippen LogP contribution >= 0.6 is 0 Å². The van der Waals surface area contributed by atoms with Gasteiger partial charge in [0.05, 0.1) is 11.3 Å². The molecule has 0 aromatic heterocycles. The second-order valence-electron chi connectivity index (χ2n) is 4.52. The molecule has 2 aromatic carbocycles. The number of benzene rings is 2. The van der Waals surface area contributed by atoms with Crippen LogP contribution in [0.5, 0.6) is 5.75 Å². The third kappa shape index (κ3) is 1.95. The Morgan fingerprint density at radius 2 is 1.38 bits per heavy atom. The van der Waals surface area contributed by atoms with E-state index in [0.717, 1.165) is 4.90 Å². The number of carbonyl (C=O) groups excluding carboxylic acids is 2. The van der Waals surface area contributed by atoms with Gasteiger partial charge in [-0.2, -0.15) is 0 Å². The number of nitrogens with zero attached hydrogens (tertiary/aromatic N) is 1. The molecule has 1 aliphatic heterocycles. The van der Waals surface area contributed by atoms with E-state index in [1.807, 2.05) is 0 Å². The average molecular weight is 281 g/mol. The van der Waals surface area contributed by atoms with Crippen LogP contribution in [0.2, 0.25) is 0 Å². The monoisotopic (exact) mass is 281 g/mol. The third-order valence-corrected chi connectivity index (χ3v) is 3.25. The van der Waals surface area contributed by atoms with Crippen molar-refractivity contribution in [2.75, 3.05) is 4.90 Å². The topological polar surface area (TPSA) is 77.8 Å². The van der Waals surface area contributed by atoms with Crippen LogP contribution in [0.3, 0.4) is 0 Å². The molecule has 2 aromatic rings. The Balaban J connectivity index is 2.10. The molecule has 5 heteroatoms. The smallest absolute Gasteiger partial charge is 0.301 e. The second kappa shape index (κ2) is 4.79. The van der Waals surface area contributed by atoms with Crippen molar-refractivity contribution >= 4 is 23.1 Å². The van der Waals surface area contributed by atoms with Crippen LogP contribution in [-0.4, -0.2) is 22.0 Å². The van der Waals surface area contributed by atoms with E-state index < -0.39 is 17.6 Å². The van der Waals surface area contributed by atoms with Crippen molar-refractivity contribution in [3.63, 3.8) is 0 Å². The number of imide groups is 1. The number of para-hydroxylation sites is 2. The molecule has 21 heavy (non-hydrogen) atoms. The molecule has 5 nitrogen and oxygen atoms in total. The molecule has 2 amide bonds. The van der Waals surface area contributed by atoms with Crippen LogP contribution in [0.4, 0.5) is 5.69 Å². The van der Waals surface area contributed by atoms with Crippen LogP contribution < -0.4 is 4.90 Å². The summed E-state index contributed by atoms with van der Waals surface area (Å²) in [6, 6.07) is 14.4. The fraction of sp³-hybridized carbons (Fsp3) is 0. The quantitative estimate of drug-likeness (QED) is 0.827. The summed E-state index contributed by atoms with van der Waals surface area (Å²) in [7, 11) is 0. The minimum atomic E-state index is -0.801. The lowest BCUT2D eigenvalue weighted by atomic mass is 10.0. The van der Waals surface area contributed by atoms with Gasteiger partial charge >= 0.3 is 5.91 Å². The van der Waals surface area contributed by atoms with Crippen LogP contribution in [-0.2, 0) is 9.59 Å². The lowest BCUT2D eigenvalue weighted by molar-refractivity contribution is -0.121. The Hall–Kier alpha value is -3.08. The Morgan fingerprint density at radius 1 is 0.762 bits per heavy atom. The fourth-order valence-corrected chi connectivity index (χ4v) is 2.26. The minimum Gasteiger partial charge on any atom is -0.507 e. The van der Waals surface area contributed by atoms with Gasteiger partial charge < -0.3 is 10.2 Å². The highest BCUT2D eigenvalue weighted by molar-refractivity contribution is 6.45. The molecule has 2 N–H and O–H groups in total. The van der Waals surface area contributed by atoms with Crippen LogP contribution in [0, 0.1) is 0 Å². The molecule has 0 atom stereocenters. The van der Waals surface area contributed by atoms with Gasteiger partial charge in [0.1, 0.15) is 5.75 Å². The van der Waals surface area contributed by atoms with E-state index in [0.29, 0.717) is 5.69 Å². The first kappa shape index (κ1) is 12.9. The van der Waals surface area contributed by atoms with Gasteiger partial charge in [0.25, 0.3) is 5.91 Å². The predicted octanol–water partition coefficient (Wildman–Crippen LogP) is 2.23. The van der Waals surface area contributed by atoms with Crippen molar-refractivity contribution in [3.8, 4) is 5.75 Å². The summed E-state index contributed by atoms with van der Waals surface area (Å²) < 4.78 is 0. The van der Waals surface area contributed by atoms with Gasteiger partial charge in [-0.05, 0) is 18.2 Å². The Morgan fingerprint density at radius 3 is 2.05 bits per heavy atom. The van der Waals surface area contributed by atoms with Gasteiger partial charge in [-0.1, -0.05) is 36.4 Å². The molecule has 0 saturated heterocycles. The highest BCUT2D eigenvalue weighted by Crippen LogP contribution is 2.35. The van der Waals surface area contributed by atoms with Crippen molar-refractivity contribution in [1.29, 1.82) is 0 Å². The van der Waals surface area contributed by atoms with Crippen molar-refractivity contribution < 1.29 is 19.8 Å². The normalized spacial score (nSPS) is 15.0. The molecule has 0 saturated carbocycles. The van der Waals surface area contributed by atoms with Crippen molar-refractivity contribution in [3.05, 3.63) is 65.9 Å². The molecule has 0 radical (unpaired) electrons. The number of hydrogen-bond donors (Lipinski definition) is 2. The van der Waals surface area contributed by atoms with E-state index in [4.69, 9.17) is 0 Å². The number of aliphatic hydroxyl groups is 1. The maximum Gasteiger partial charge on any atom is 0.301 e. The van der Waals surface area contributed by atoms with E-state index in [2.05, 4.69) is 0 Å². The number of aromatic hydroxyl groups is 1. The first-order valence-electron chi connectivity index (χ1n) is 6.26.